The van der Waals surface area contributed by atoms with Crippen molar-refractivity contribution in [2.75, 3.05) is 19.7 Å². The second-order valence-electron chi connectivity index (χ2n) is 6.61. The van der Waals surface area contributed by atoms with Crippen LogP contribution in [0, 0.1) is 0 Å². The average molecular weight is 396 g/mol. The van der Waals surface area contributed by atoms with Crippen LogP contribution in [0.2, 0.25) is 10.0 Å². The van der Waals surface area contributed by atoms with E-state index in [0.29, 0.717) is 28.4 Å². The van der Waals surface area contributed by atoms with Crippen LogP contribution in [0.3, 0.4) is 0 Å². The largest absolute Gasteiger partial charge is 0.504 e. The molecule has 140 valence electrons. The maximum atomic E-state index is 9.72. The third-order valence-corrected chi connectivity index (χ3v) is 5.37. The molecule has 0 radical (unpaired) electrons. The molecule has 2 aromatic rings. The Balaban J connectivity index is 1.63. The van der Waals surface area contributed by atoms with Crippen LogP contribution >= 0.6 is 23.2 Å². The van der Waals surface area contributed by atoms with Gasteiger partial charge < -0.3 is 14.9 Å². The van der Waals surface area contributed by atoms with Crippen molar-refractivity contribution < 1.29 is 14.9 Å². The van der Waals surface area contributed by atoms with E-state index in [4.69, 9.17) is 27.9 Å². The molecule has 0 atom stereocenters. The van der Waals surface area contributed by atoms with E-state index in [2.05, 4.69) is 11.8 Å². The summed E-state index contributed by atoms with van der Waals surface area (Å²) >= 11 is 12.3. The Morgan fingerprint density at radius 2 is 1.62 bits per heavy atom. The van der Waals surface area contributed by atoms with Crippen molar-refractivity contribution in [2.45, 2.75) is 32.2 Å². The average Bonchev–Trinajstić information content (AvgIpc) is 2.99. The molecule has 0 spiro atoms. The van der Waals surface area contributed by atoms with Crippen molar-refractivity contribution in [3.8, 4) is 17.2 Å². The summed E-state index contributed by atoms with van der Waals surface area (Å²) in [6, 6.07) is 9.00. The van der Waals surface area contributed by atoms with Gasteiger partial charge in [0.15, 0.2) is 17.2 Å². The summed E-state index contributed by atoms with van der Waals surface area (Å²) < 4.78 is 5.83. The first-order chi connectivity index (χ1) is 12.5. The number of halogens is 2. The lowest BCUT2D eigenvalue weighted by Crippen LogP contribution is -2.39. The monoisotopic (exact) mass is 395 g/mol. The lowest BCUT2D eigenvalue weighted by atomic mass is 10.1. The van der Waals surface area contributed by atoms with Gasteiger partial charge in [0.1, 0.15) is 6.61 Å². The number of para-hydroxylation sites is 1. The zero-order valence-electron chi connectivity index (χ0n) is 14.7. The quantitative estimate of drug-likeness (QED) is 0.669. The summed E-state index contributed by atoms with van der Waals surface area (Å²) in [7, 11) is 0. The van der Waals surface area contributed by atoms with Gasteiger partial charge in [-0.2, -0.15) is 0 Å². The van der Waals surface area contributed by atoms with Gasteiger partial charge in [-0.1, -0.05) is 36.2 Å². The van der Waals surface area contributed by atoms with Crippen molar-refractivity contribution in [1.29, 1.82) is 0 Å². The fourth-order valence-electron chi connectivity index (χ4n) is 3.53. The maximum Gasteiger partial charge on any atom is 0.157 e. The number of aromatic hydroxyl groups is 2. The van der Waals surface area contributed by atoms with Gasteiger partial charge in [0.05, 0.1) is 10.0 Å². The Labute approximate surface area is 163 Å². The lowest BCUT2D eigenvalue weighted by molar-refractivity contribution is 0.162. The summed E-state index contributed by atoms with van der Waals surface area (Å²) in [4.78, 5) is 2.39. The fourth-order valence-corrected chi connectivity index (χ4v) is 4.04. The lowest BCUT2D eigenvalue weighted by Gasteiger charge is -2.28. The van der Waals surface area contributed by atoms with Crippen molar-refractivity contribution in [3.63, 3.8) is 0 Å². The van der Waals surface area contributed by atoms with Crippen molar-refractivity contribution in [3.05, 3.63) is 51.5 Å². The topological polar surface area (TPSA) is 52.9 Å². The second kappa shape index (κ2) is 8.38. The van der Waals surface area contributed by atoms with Crippen LogP contribution in [0.15, 0.2) is 30.3 Å². The molecule has 0 heterocycles. The van der Waals surface area contributed by atoms with Crippen LogP contribution in [0.25, 0.3) is 0 Å². The number of phenols is 2. The van der Waals surface area contributed by atoms with E-state index in [1.807, 2.05) is 0 Å². The number of benzene rings is 2. The molecule has 2 aromatic carbocycles. The molecule has 0 fully saturated rings. The minimum Gasteiger partial charge on any atom is -0.504 e. The van der Waals surface area contributed by atoms with E-state index < -0.39 is 0 Å². The van der Waals surface area contributed by atoms with E-state index in [0.717, 1.165) is 43.5 Å². The van der Waals surface area contributed by atoms with Crippen molar-refractivity contribution in [1.82, 2.24) is 4.90 Å². The van der Waals surface area contributed by atoms with Crippen LogP contribution in [0.4, 0.5) is 0 Å². The maximum absolute atomic E-state index is 9.72. The minimum absolute atomic E-state index is 0.0527. The van der Waals surface area contributed by atoms with E-state index in [9.17, 15) is 10.2 Å². The van der Waals surface area contributed by atoms with Gasteiger partial charge in [0.2, 0.25) is 0 Å². The summed E-state index contributed by atoms with van der Waals surface area (Å²) in [6.45, 7) is 4.35. The molecule has 0 saturated carbocycles. The molecule has 0 saturated heterocycles. The smallest absolute Gasteiger partial charge is 0.157 e. The molecule has 2 N–H and O–H groups in total. The summed E-state index contributed by atoms with van der Waals surface area (Å²) in [6.07, 6.45) is 2.75. The summed E-state index contributed by atoms with van der Waals surface area (Å²) in [5.74, 6) is 0.420. The summed E-state index contributed by atoms with van der Waals surface area (Å²) in [5, 5.41) is 20.5. The van der Waals surface area contributed by atoms with E-state index >= 15 is 0 Å². The minimum atomic E-state index is -0.0527. The van der Waals surface area contributed by atoms with Gasteiger partial charge in [-0.3, -0.25) is 4.90 Å². The van der Waals surface area contributed by atoms with Crippen molar-refractivity contribution >= 4 is 23.2 Å². The summed E-state index contributed by atoms with van der Waals surface area (Å²) in [5.41, 5.74) is 2.20. The van der Waals surface area contributed by atoms with Crippen LogP contribution in [0.1, 0.15) is 24.5 Å². The first-order valence-corrected chi connectivity index (χ1v) is 9.59. The predicted octanol–water partition coefficient (Wildman–Crippen LogP) is 4.66. The van der Waals surface area contributed by atoms with Crippen molar-refractivity contribution in [2.24, 2.45) is 0 Å². The van der Waals surface area contributed by atoms with E-state index in [1.165, 1.54) is 0 Å². The highest BCUT2D eigenvalue weighted by Gasteiger charge is 2.27. The van der Waals surface area contributed by atoms with E-state index in [1.54, 1.807) is 30.3 Å². The number of hydrogen-bond donors (Lipinski definition) is 2. The van der Waals surface area contributed by atoms with Gasteiger partial charge in [0.25, 0.3) is 0 Å². The molecule has 1 aliphatic rings. The molecule has 0 amide bonds. The molecule has 1 aliphatic carbocycles. The zero-order chi connectivity index (χ0) is 18.7. The fraction of sp³-hybridized carbons (Fsp3) is 0.400. The van der Waals surface area contributed by atoms with Crippen LogP contribution < -0.4 is 4.74 Å². The molecular formula is C20H23Cl2NO3. The highest BCUT2D eigenvalue weighted by atomic mass is 35.5. The molecular weight excluding hydrogens is 373 g/mol. The third kappa shape index (κ3) is 4.20. The second-order valence-corrected chi connectivity index (χ2v) is 7.42. The standard InChI is InChI=1S/C20H23Cl2NO3/c1-2-6-23(7-8-26-20-16(21)4-3-5-17(20)22)15-9-13-11-18(24)19(25)12-14(13)10-15/h3-5,11-12,15,24-25H,2,6-10H2,1H3. The van der Waals surface area contributed by atoms with Gasteiger partial charge in [-0.15, -0.1) is 0 Å². The number of hydrogen-bond acceptors (Lipinski definition) is 4. The van der Waals surface area contributed by atoms with Crippen LogP contribution in [-0.2, 0) is 12.8 Å². The van der Waals surface area contributed by atoms with Crippen LogP contribution in [-0.4, -0.2) is 40.9 Å². The number of fused-ring (bicyclic) bond motifs is 1. The predicted molar refractivity (Wildman–Crippen MR) is 105 cm³/mol. The Hall–Kier alpha value is -1.62. The molecule has 26 heavy (non-hydrogen) atoms. The Morgan fingerprint density at radius 3 is 2.15 bits per heavy atom. The van der Waals surface area contributed by atoms with E-state index in [-0.39, 0.29) is 11.5 Å². The molecule has 6 heteroatoms. The van der Waals surface area contributed by atoms with Gasteiger partial charge in [-0.25, -0.2) is 0 Å². The number of phenolic OH excluding ortho intramolecular Hbond substituents is 2. The Kier molecular flexibility index (Phi) is 6.17. The van der Waals surface area contributed by atoms with Gasteiger partial charge in [-0.05, 0) is 61.2 Å². The van der Waals surface area contributed by atoms with Gasteiger partial charge >= 0.3 is 0 Å². The highest BCUT2D eigenvalue weighted by Crippen LogP contribution is 2.35. The molecule has 0 bridgehead atoms. The highest BCUT2D eigenvalue weighted by molar-refractivity contribution is 6.37. The zero-order valence-corrected chi connectivity index (χ0v) is 16.2. The number of ether oxygens (including phenoxy) is 1. The first-order valence-electron chi connectivity index (χ1n) is 8.84. The Bertz CT molecular complexity index is 731. The first kappa shape index (κ1) is 19.2. The van der Waals surface area contributed by atoms with Gasteiger partial charge in [0, 0.05) is 12.6 Å². The molecule has 0 aliphatic heterocycles. The molecule has 0 unspecified atom stereocenters. The molecule has 0 aromatic heterocycles. The normalized spacial score (nSPS) is 14.0. The molecule has 4 nitrogen and oxygen atoms in total. The SMILES string of the molecule is CCCN(CCOc1c(Cl)cccc1Cl)C1Cc2cc(O)c(O)cc2C1. The number of rotatable bonds is 7. The number of nitrogens with zero attached hydrogens (tertiary/aromatic N) is 1. The van der Waals surface area contributed by atoms with Crippen LogP contribution in [0.5, 0.6) is 17.2 Å². The molecule has 3 rings (SSSR count). The third-order valence-electron chi connectivity index (χ3n) is 4.78. The Morgan fingerprint density at radius 1 is 1.04 bits per heavy atom.